The Labute approximate surface area is 225 Å². The number of halogens is 3. The molecular formula is C28H30F3N7O. The first kappa shape index (κ1) is 25.4. The SMILES string of the molecule is CN1CCN(c2c(F)cc(Nc3ncc4c(n3)N(C3CCCC3)C(=O)N(c3ccccc3F)C4)cc2F)CC1. The predicted molar refractivity (Wildman–Crippen MR) is 144 cm³/mol. The summed E-state index contributed by atoms with van der Waals surface area (Å²) in [6.07, 6.45) is 5.18. The van der Waals surface area contributed by atoms with E-state index in [4.69, 9.17) is 0 Å². The number of nitrogens with zero attached hydrogens (tertiary/aromatic N) is 6. The van der Waals surface area contributed by atoms with Gasteiger partial charge in [0.05, 0.1) is 12.2 Å². The lowest BCUT2D eigenvalue weighted by atomic mass is 10.1. The first-order chi connectivity index (χ1) is 18.9. The van der Waals surface area contributed by atoms with Crippen molar-refractivity contribution in [3.8, 4) is 0 Å². The van der Waals surface area contributed by atoms with E-state index in [0.717, 1.165) is 38.8 Å². The molecule has 8 nitrogen and oxygen atoms in total. The van der Waals surface area contributed by atoms with Crippen molar-refractivity contribution in [1.29, 1.82) is 0 Å². The van der Waals surface area contributed by atoms with Crippen LogP contribution in [0.4, 0.5) is 46.8 Å². The maximum Gasteiger partial charge on any atom is 0.330 e. The van der Waals surface area contributed by atoms with Gasteiger partial charge in [0, 0.05) is 49.7 Å². The first-order valence-electron chi connectivity index (χ1n) is 13.3. The van der Waals surface area contributed by atoms with Gasteiger partial charge in [0.1, 0.15) is 17.3 Å². The van der Waals surface area contributed by atoms with Crippen LogP contribution in [-0.4, -0.2) is 60.2 Å². The molecule has 2 amide bonds. The van der Waals surface area contributed by atoms with Crippen molar-refractivity contribution >= 4 is 34.9 Å². The number of aromatic nitrogens is 2. The third-order valence-corrected chi connectivity index (χ3v) is 7.76. The van der Waals surface area contributed by atoms with Gasteiger partial charge >= 0.3 is 6.03 Å². The number of hydrogen-bond donors (Lipinski definition) is 1. The second kappa shape index (κ2) is 10.4. The van der Waals surface area contributed by atoms with Crippen molar-refractivity contribution in [3.05, 3.63) is 65.6 Å². The number of rotatable bonds is 5. The van der Waals surface area contributed by atoms with Gasteiger partial charge in [-0.05, 0) is 44.2 Å². The van der Waals surface area contributed by atoms with Gasteiger partial charge in [0.2, 0.25) is 5.95 Å². The predicted octanol–water partition coefficient (Wildman–Crippen LogP) is 5.28. The summed E-state index contributed by atoms with van der Waals surface area (Å²) in [7, 11) is 1.98. The zero-order valence-corrected chi connectivity index (χ0v) is 21.7. The van der Waals surface area contributed by atoms with E-state index in [-0.39, 0.29) is 41.6 Å². The Bertz CT molecular complexity index is 1370. The number of likely N-dealkylation sites (N-methyl/N-ethyl adjacent to an activating group) is 1. The highest BCUT2D eigenvalue weighted by atomic mass is 19.1. The number of piperazine rings is 1. The molecule has 1 saturated heterocycles. The molecule has 2 fully saturated rings. The Morgan fingerprint density at radius 1 is 0.949 bits per heavy atom. The zero-order valence-electron chi connectivity index (χ0n) is 21.7. The van der Waals surface area contributed by atoms with Crippen LogP contribution in [0.15, 0.2) is 42.6 Å². The summed E-state index contributed by atoms with van der Waals surface area (Å²) in [5.74, 6) is -1.25. The Morgan fingerprint density at radius 2 is 1.64 bits per heavy atom. The lowest BCUT2D eigenvalue weighted by Crippen LogP contribution is -2.52. The summed E-state index contributed by atoms with van der Waals surface area (Å²) in [5, 5.41) is 2.91. The Balaban J connectivity index is 1.30. The first-order valence-corrected chi connectivity index (χ1v) is 13.3. The molecule has 0 atom stereocenters. The maximum atomic E-state index is 15.1. The van der Waals surface area contributed by atoms with Crippen molar-refractivity contribution in [2.24, 2.45) is 0 Å². The number of hydrogen-bond acceptors (Lipinski definition) is 6. The van der Waals surface area contributed by atoms with Gasteiger partial charge in [-0.3, -0.25) is 9.80 Å². The highest BCUT2D eigenvalue weighted by molar-refractivity contribution is 6.06. The van der Waals surface area contributed by atoms with Crippen molar-refractivity contribution in [2.45, 2.75) is 38.3 Å². The Hall–Kier alpha value is -3.86. The van der Waals surface area contributed by atoms with Crippen LogP contribution in [-0.2, 0) is 6.54 Å². The Kier molecular flexibility index (Phi) is 6.76. The highest BCUT2D eigenvalue weighted by Gasteiger charge is 2.39. The van der Waals surface area contributed by atoms with E-state index in [0.29, 0.717) is 24.5 Å². The summed E-state index contributed by atoms with van der Waals surface area (Å²) in [5.41, 5.74) is 0.999. The van der Waals surface area contributed by atoms with E-state index in [1.54, 1.807) is 34.2 Å². The third-order valence-electron chi connectivity index (χ3n) is 7.76. The Morgan fingerprint density at radius 3 is 2.33 bits per heavy atom. The molecule has 0 radical (unpaired) electrons. The highest BCUT2D eigenvalue weighted by Crippen LogP contribution is 2.37. The van der Waals surface area contributed by atoms with Crippen LogP contribution in [0.1, 0.15) is 31.2 Å². The number of amides is 2. The van der Waals surface area contributed by atoms with Gasteiger partial charge in [-0.15, -0.1) is 0 Å². The summed E-state index contributed by atoms with van der Waals surface area (Å²) in [6.45, 7) is 2.65. The second-order valence-corrected chi connectivity index (χ2v) is 10.4. The molecule has 3 heterocycles. The van der Waals surface area contributed by atoms with Crippen LogP contribution in [0.2, 0.25) is 0 Å². The van der Waals surface area contributed by atoms with E-state index in [1.165, 1.54) is 23.1 Å². The van der Waals surface area contributed by atoms with Crippen molar-refractivity contribution in [3.63, 3.8) is 0 Å². The van der Waals surface area contributed by atoms with Crippen LogP contribution < -0.4 is 20.0 Å². The van der Waals surface area contributed by atoms with Crippen LogP contribution >= 0.6 is 0 Å². The molecule has 39 heavy (non-hydrogen) atoms. The molecule has 3 aromatic rings. The zero-order chi connectivity index (χ0) is 27.1. The average molecular weight is 538 g/mol. The van der Waals surface area contributed by atoms with E-state index in [1.807, 2.05) is 7.05 Å². The van der Waals surface area contributed by atoms with E-state index < -0.39 is 17.5 Å². The number of carbonyl (C=O) groups is 1. The molecule has 1 aliphatic carbocycles. The fourth-order valence-corrected chi connectivity index (χ4v) is 5.69. The number of fused-ring (bicyclic) bond motifs is 1. The lowest BCUT2D eigenvalue weighted by Gasteiger charge is -2.39. The van der Waals surface area contributed by atoms with Gasteiger partial charge < -0.3 is 15.1 Å². The second-order valence-electron chi connectivity index (χ2n) is 10.4. The molecular weight excluding hydrogens is 507 g/mol. The van der Waals surface area contributed by atoms with Crippen LogP contribution in [0.5, 0.6) is 0 Å². The topological polar surface area (TPSA) is 67.8 Å². The van der Waals surface area contributed by atoms with Gasteiger partial charge in [0.25, 0.3) is 0 Å². The van der Waals surface area contributed by atoms with Gasteiger partial charge in [0.15, 0.2) is 11.6 Å². The molecule has 0 bridgehead atoms. The molecule has 1 saturated carbocycles. The van der Waals surface area contributed by atoms with E-state index in [2.05, 4.69) is 20.2 Å². The standard InChI is InChI=1S/C28H30F3N7O/c1-35-10-12-36(13-11-35)25-22(30)14-19(15-23(25)31)33-27-32-16-18-17-37(24-9-5-4-8-21(24)29)28(39)38(26(18)34-27)20-6-2-3-7-20/h4-5,8-9,14-16,20H,2-3,6-7,10-13,17H2,1H3,(H,32,33,34). The summed E-state index contributed by atoms with van der Waals surface area (Å²) >= 11 is 0. The van der Waals surface area contributed by atoms with E-state index in [9.17, 15) is 9.18 Å². The number of benzene rings is 2. The molecule has 1 aromatic heterocycles. The minimum atomic E-state index is -0.664. The number of carbonyl (C=O) groups excluding carboxylic acids is 1. The number of anilines is 5. The minimum absolute atomic E-state index is 0.0359. The maximum absolute atomic E-state index is 15.1. The molecule has 6 rings (SSSR count). The quantitative estimate of drug-likeness (QED) is 0.478. The van der Waals surface area contributed by atoms with Crippen LogP contribution in [0.25, 0.3) is 0 Å². The molecule has 1 N–H and O–H groups in total. The van der Waals surface area contributed by atoms with Gasteiger partial charge in [-0.25, -0.2) is 22.9 Å². The van der Waals surface area contributed by atoms with Gasteiger partial charge in [-0.2, -0.15) is 4.98 Å². The minimum Gasteiger partial charge on any atom is -0.364 e. The molecule has 0 unspecified atom stereocenters. The number of urea groups is 1. The molecule has 3 aliphatic rings. The summed E-state index contributed by atoms with van der Waals surface area (Å²) in [4.78, 5) is 29.5. The van der Waals surface area contributed by atoms with Crippen molar-refractivity contribution in [2.75, 3.05) is 53.2 Å². The smallest absolute Gasteiger partial charge is 0.330 e. The van der Waals surface area contributed by atoms with Crippen LogP contribution in [0.3, 0.4) is 0 Å². The van der Waals surface area contributed by atoms with Gasteiger partial charge in [-0.1, -0.05) is 25.0 Å². The average Bonchev–Trinajstić information content (AvgIpc) is 3.44. The van der Waals surface area contributed by atoms with Crippen LogP contribution in [0, 0.1) is 17.5 Å². The lowest BCUT2D eigenvalue weighted by molar-refractivity contribution is 0.247. The largest absolute Gasteiger partial charge is 0.364 e. The molecule has 204 valence electrons. The third kappa shape index (κ3) is 4.87. The molecule has 2 aromatic carbocycles. The normalized spacial score (nSPS) is 18.6. The fraction of sp³-hybridized carbons (Fsp3) is 0.393. The van der Waals surface area contributed by atoms with Crippen molar-refractivity contribution < 1.29 is 18.0 Å². The summed E-state index contributed by atoms with van der Waals surface area (Å²) < 4.78 is 44.8. The fourth-order valence-electron chi connectivity index (χ4n) is 5.69. The summed E-state index contributed by atoms with van der Waals surface area (Å²) in [6, 6.07) is 8.23. The number of para-hydroxylation sites is 1. The molecule has 2 aliphatic heterocycles. The molecule has 11 heteroatoms. The molecule has 0 spiro atoms. The monoisotopic (exact) mass is 537 g/mol. The van der Waals surface area contributed by atoms with E-state index >= 15 is 8.78 Å². The number of nitrogens with one attached hydrogen (secondary N) is 1. The van der Waals surface area contributed by atoms with Crippen molar-refractivity contribution in [1.82, 2.24) is 14.9 Å².